The first-order valence-electron chi connectivity index (χ1n) is 9.99. The molecule has 1 atom stereocenters. The molecule has 0 bridgehead atoms. The van der Waals surface area contributed by atoms with Crippen LogP contribution in [0.5, 0.6) is 5.88 Å². The summed E-state index contributed by atoms with van der Waals surface area (Å²) in [5, 5.41) is 0.330. The smallest absolute Gasteiger partial charge is 0.218 e. The molecule has 1 aromatic carbocycles. The fourth-order valence-electron chi connectivity index (χ4n) is 3.97. The maximum Gasteiger partial charge on any atom is 0.218 e. The molecule has 0 amide bonds. The highest BCUT2D eigenvalue weighted by molar-refractivity contribution is 6.29. The van der Waals surface area contributed by atoms with Gasteiger partial charge in [-0.25, -0.2) is 9.37 Å². The third-order valence-corrected chi connectivity index (χ3v) is 5.23. The topological polar surface area (TPSA) is 25.4 Å². The van der Waals surface area contributed by atoms with E-state index >= 15 is 0 Å². The Morgan fingerprint density at radius 3 is 2.64 bits per heavy atom. The first kappa shape index (κ1) is 21.1. The molecule has 0 aliphatic carbocycles. The Balaban J connectivity index is 1.85. The molecule has 1 aliphatic heterocycles. The van der Waals surface area contributed by atoms with Crippen LogP contribution in [0, 0.1) is 11.2 Å². The van der Waals surface area contributed by atoms with Crippen LogP contribution in [-0.2, 0) is 12.8 Å². The van der Waals surface area contributed by atoms with E-state index in [1.165, 1.54) is 0 Å². The summed E-state index contributed by atoms with van der Waals surface area (Å²) in [6, 6.07) is 7.15. The lowest BCUT2D eigenvalue weighted by atomic mass is 9.93. The lowest BCUT2D eigenvalue weighted by molar-refractivity contribution is 0.105. The Morgan fingerprint density at radius 2 is 2.00 bits per heavy atom. The van der Waals surface area contributed by atoms with E-state index in [1.807, 2.05) is 19.1 Å². The minimum Gasteiger partial charge on any atom is -0.473 e. The van der Waals surface area contributed by atoms with E-state index < -0.39 is 0 Å². The molecule has 0 saturated heterocycles. The van der Waals surface area contributed by atoms with Crippen LogP contribution in [0.4, 0.5) is 4.39 Å². The number of aryl methyl sites for hydroxylation is 1. The molecule has 2 aromatic rings. The van der Waals surface area contributed by atoms with Gasteiger partial charge in [-0.3, -0.25) is 0 Å². The van der Waals surface area contributed by atoms with Gasteiger partial charge in [0.15, 0.2) is 0 Å². The van der Waals surface area contributed by atoms with Gasteiger partial charge in [0.2, 0.25) is 5.88 Å². The van der Waals surface area contributed by atoms with E-state index in [0.717, 1.165) is 49.0 Å². The lowest BCUT2D eigenvalue weighted by Gasteiger charge is -2.32. The van der Waals surface area contributed by atoms with Crippen molar-refractivity contribution in [3.8, 4) is 17.0 Å². The van der Waals surface area contributed by atoms with Gasteiger partial charge in [0, 0.05) is 24.2 Å². The molecule has 5 heteroatoms. The molecular weight excluding hydrogens is 375 g/mol. The minimum atomic E-state index is -0.226. The molecule has 152 valence electrons. The second-order valence-corrected chi connectivity index (χ2v) is 9.37. The number of likely N-dealkylation sites (N-methyl/N-ethyl adjacent to an activating group) is 1. The summed E-state index contributed by atoms with van der Waals surface area (Å²) in [5.41, 5.74) is 3.51. The van der Waals surface area contributed by atoms with Crippen molar-refractivity contribution in [2.24, 2.45) is 5.41 Å². The predicted molar refractivity (Wildman–Crippen MR) is 114 cm³/mol. The Hall–Kier alpha value is -1.65. The Labute approximate surface area is 172 Å². The second-order valence-electron chi connectivity index (χ2n) is 8.98. The van der Waals surface area contributed by atoms with Crippen molar-refractivity contribution in [3.63, 3.8) is 0 Å². The lowest BCUT2D eigenvalue weighted by Crippen LogP contribution is -2.39. The number of rotatable bonds is 5. The molecule has 0 fully saturated rings. The van der Waals surface area contributed by atoms with Crippen LogP contribution in [0.2, 0.25) is 5.15 Å². The first-order valence-corrected chi connectivity index (χ1v) is 10.4. The van der Waals surface area contributed by atoms with E-state index in [2.05, 4.69) is 37.7 Å². The number of halogens is 2. The first-order chi connectivity index (χ1) is 13.2. The molecule has 1 aliphatic rings. The van der Waals surface area contributed by atoms with E-state index in [1.54, 1.807) is 12.1 Å². The zero-order valence-electron chi connectivity index (χ0n) is 17.5. The molecule has 3 nitrogen and oxygen atoms in total. The molecule has 1 unspecified atom stereocenters. The largest absolute Gasteiger partial charge is 0.473 e. The molecule has 0 N–H and O–H groups in total. The monoisotopic (exact) mass is 404 g/mol. The zero-order chi connectivity index (χ0) is 20.5. The highest BCUT2D eigenvalue weighted by Gasteiger charge is 2.27. The highest BCUT2D eigenvalue weighted by Crippen LogP contribution is 2.37. The van der Waals surface area contributed by atoms with Crippen LogP contribution < -0.4 is 4.74 Å². The molecule has 2 heterocycles. The predicted octanol–water partition coefficient (Wildman–Crippen LogP) is 5.78. The molecule has 1 aromatic heterocycles. The maximum absolute atomic E-state index is 14.7. The summed E-state index contributed by atoms with van der Waals surface area (Å²) < 4.78 is 20.9. The third-order valence-electron chi connectivity index (χ3n) is 5.04. The fourth-order valence-corrected chi connectivity index (χ4v) is 4.15. The summed E-state index contributed by atoms with van der Waals surface area (Å²) in [7, 11) is 2.12. The van der Waals surface area contributed by atoms with Crippen LogP contribution >= 0.6 is 11.6 Å². The van der Waals surface area contributed by atoms with Crippen molar-refractivity contribution >= 4 is 11.6 Å². The summed E-state index contributed by atoms with van der Waals surface area (Å²) in [6.45, 7) is 10.5. The number of benzene rings is 1. The average Bonchev–Trinajstić information content (AvgIpc) is 2.59. The molecule has 0 saturated carbocycles. The maximum atomic E-state index is 14.7. The van der Waals surface area contributed by atoms with Crippen molar-refractivity contribution in [2.75, 3.05) is 20.1 Å². The number of hydrogen-bond acceptors (Lipinski definition) is 3. The highest BCUT2D eigenvalue weighted by atomic mass is 35.5. The van der Waals surface area contributed by atoms with Crippen molar-refractivity contribution in [3.05, 3.63) is 46.4 Å². The number of fused-ring (bicyclic) bond motifs is 1. The molecule has 0 spiro atoms. The van der Waals surface area contributed by atoms with Gasteiger partial charge in [-0.2, -0.15) is 0 Å². The van der Waals surface area contributed by atoms with Crippen molar-refractivity contribution in [1.82, 2.24) is 9.88 Å². The van der Waals surface area contributed by atoms with Gasteiger partial charge >= 0.3 is 0 Å². The van der Waals surface area contributed by atoms with Crippen LogP contribution in [-0.4, -0.2) is 36.1 Å². The standard InChI is InChI=1S/C23H30ClFN2O/c1-6-15-7-9-17(20(25)11-15)19-12-21(24)26-22-18(19)10-8-16(28-22)13-27(5)14-23(2,3)4/h7,9,11-12,16H,6,8,10,13-14H2,1-5H3. The number of pyridine rings is 1. The molecular formula is C23H30ClFN2O. The van der Waals surface area contributed by atoms with Crippen LogP contribution in [0.25, 0.3) is 11.1 Å². The Kier molecular flexibility index (Phi) is 6.31. The van der Waals surface area contributed by atoms with Gasteiger partial charge in [0.05, 0.1) is 0 Å². The summed E-state index contributed by atoms with van der Waals surface area (Å²) >= 11 is 6.26. The van der Waals surface area contributed by atoms with Crippen LogP contribution in [0.1, 0.15) is 45.2 Å². The van der Waals surface area contributed by atoms with Gasteiger partial charge < -0.3 is 9.64 Å². The van der Waals surface area contributed by atoms with Crippen LogP contribution in [0.3, 0.4) is 0 Å². The molecule has 0 radical (unpaired) electrons. The van der Waals surface area contributed by atoms with E-state index in [9.17, 15) is 4.39 Å². The zero-order valence-corrected chi connectivity index (χ0v) is 18.2. The molecule has 28 heavy (non-hydrogen) atoms. The van der Waals surface area contributed by atoms with Gasteiger partial charge in [0.25, 0.3) is 0 Å². The summed E-state index contributed by atoms with van der Waals surface area (Å²) in [6.07, 6.45) is 2.55. The van der Waals surface area contributed by atoms with E-state index in [4.69, 9.17) is 16.3 Å². The van der Waals surface area contributed by atoms with Crippen molar-refractivity contribution in [2.45, 2.75) is 53.1 Å². The number of aromatic nitrogens is 1. The number of hydrogen-bond donors (Lipinski definition) is 0. The summed E-state index contributed by atoms with van der Waals surface area (Å²) in [4.78, 5) is 6.69. The van der Waals surface area contributed by atoms with Gasteiger partial charge in [-0.1, -0.05) is 51.4 Å². The second kappa shape index (κ2) is 8.38. The van der Waals surface area contributed by atoms with Crippen LogP contribution in [0.15, 0.2) is 24.3 Å². The fraction of sp³-hybridized carbons (Fsp3) is 0.522. The third kappa shape index (κ3) is 5.03. The van der Waals surface area contributed by atoms with Gasteiger partial charge in [-0.15, -0.1) is 0 Å². The quantitative estimate of drug-likeness (QED) is 0.591. The number of nitrogens with zero attached hydrogens (tertiary/aromatic N) is 2. The normalized spacial score (nSPS) is 16.8. The van der Waals surface area contributed by atoms with E-state index in [-0.39, 0.29) is 17.3 Å². The van der Waals surface area contributed by atoms with E-state index in [0.29, 0.717) is 16.6 Å². The number of ether oxygens (including phenoxy) is 1. The van der Waals surface area contributed by atoms with Crippen molar-refractivity contribution in [1.29, 1.82) is 0 Å². The van der Waals surface area contributed by atoms with Crippen molar-refractivity contribution < 1.29 is 9.13 Å². The SMILES string of the molecule is CCc1ccc(-c2cc(Cl)nc3c2CCC(CN(C)CC(C)(C)C)O3)c(F)c1. The Morgan fingerprint density at radius 1 is 1.25 bits per heavy atom. The summed E-state index contributed by atoms with van der Waals surface area (Å²) in [5.74, 6) is 0.317. The Bertz CT molecular complexity index is 847. The van der Waals surface area contributed by atoms with Gasteiger partial charge in [0.1, 0.15) is 17.1 Å². The minimum absolute atomic E-state index is 0.0611. The molecule has 3 rings (SSSR count). The van der Waals surface area contributed by atoms with Gasteiger partial charge in [-0.05, 0) is 55.0 Å². The average molecular weight is 405 g/mol.